The summed E-state index contributed by atoms with van der Waals surface area (Å²) in [6.07, 6.45) is 2.90. The zero-order valence-corrected chi connectivity index (χ0v) is 10.4. The molecule has 17 heavy (non-hydrogen) atoms. The van der Waals surface area contributed by atoms with Crippen LogP contribution in [0.15, 0.2) is 54.7 Å². The van der Waals surface area contributed by atoms with E-state index in [1.807, 2.05) is 24.4 Å². The van der Waals surface area contributed by atoms with E-state index < -0.39 is 0 Å². The molecular weight excluding hydrogens is 208 g/mol. The molecule has 88 valence electrons. The van der Waals surface area contributed by atoms with Gasteiger partial charge in [0.1, 0.15) is 5.82 Å². The molecule has 0 fully saturated rings. The van der Waals surface area contributed by atoms with Crippen LogP contribution >= 0.6 is 0 Å². The van der Waals surface area contributed by atoms with Crippen molar-refractivity contribution in [2.45, 2.75) is 19.4 Å². The third-order valence-electron chi connectivity index (χ3n) is 3.05. The molecule has 1 atom stereocenters. The highest BCUT2D eigenvalue weighted by Gasteiger charge is 2.15. The average Bonchev–Trinajstić information content (AvgIpc) is 2.42. The highest BCUT2D eigenvalue weighted by atomic mass is 15.2. The smallest absolute Gasteiger partial charge is 0.128 e. The van der Waals surface area contributed by atoms with E-state index in [1.165, 1.54) is 5.56 Å². The average molecular weight is 226 g/mol. The van der Waals surface area contributed by atoms with Gasteiger partial charge in [-0.2, -0.15) is 0 Å². The molecule has 0 spiro atoms. The first-order valence-electron chi connectivity index (χ1n) is 6.01. The molecule has 0 aliphatic carbocycles. The van der Waals surface area contributed by atoms with Crippen molar-refractivity contribution in [1.29, 1.82) is 0 Å². The molecular formula is C15H18N2. The summed E-state index contributed by atoms with van der Waals surface area (Å²) < 4.78 is 0. The fourth-order valence-electron chi connectivity index (χ4n) is 2.13. The van der Waals surface area contributed by atoms with Gasteiger partial charge in [0, 0.05) is 13.2 Å². The minimum atomic E-state index is 0.381. The first kappa shape index (κ1) is 11.6. The number of aromatic nitrogens is 1. The van der Waals surface area contributed by atoms with Crippen molar-refractivity contribution in [3.05, 3.63) is 60.3 Å². The molecule has 0 saturated heterocycles. The summed E-state index contributed by atoms with van der Waals surface area (Å²) >= 11 is 0. The van der Waals surface area contributed by atoms with E-state index >= 15 is 0 Å². The SMILES string of the molecule is CCC(c1ccccc1)N(C)c1ccccn1. The lowest BCUT2D eigenvalue weighted by molar-refractivity contribution is 0.642. The number of rotatable bonds is 4. The first-order chi connectivity index (χ1) is 8.33. The van der Waals surface area contributed by atoms with Crippen LogP contribution in [0.5, 0.6) is 0 Å². The van der Waals surface area contributed by atoms with E-state index in [0.29, 0.717) is 6.04 Å². The molecule has 1 aromatic heterocycles. The van der Waals surface area contributed by atoms with Crippen molar-refractivity contribution in [3.63, 3.8) is 0 Å². The van der Waals surface area contributed by atoms with Crippen LogP contribution < -0.4 is 4.90 Å². The molecule has 2 rings (SSSR count). The molecule has 0 bridgehead atoms. The Balaban J connectivity index is 2.25. The maximum absolute atomic E-state index is 4.40. The first-order valence-corrected chi connectivity index (χ1v) is 6.01. The number of anilines is 1. The molecule has 0 saturated carbocycles. The van der Waals surface area contributed by atoms with Crippen molar-refractivity contribution in [1.82, 2.24) is 4.98 Å². The standard InChI is InChI=1S/C15H18N2/c1-3-14(13-9-5-4-6-10-13)17(2)15-11-7-8-12-16-15/h4-12,14H,3H2,1-2H3. The zero-order chi connectivity index (χ0) is 12.1. The Morgan fingerprint density at radius 3 is 2.35 bits per heavy atom. The molecule has 1 aromatic carbocycles. The molecule has 1 unspecified atom stereocenters. The molecule has 2 aromatic rings. The van der Waals surface area contributed by atoms with E-state index in [9.17, 15) is 0 Å². The van der Waals surface area contributed by atoms with Crippen molar-refractivity contribution < 1.29 is 0 Å². The van der Waals surface area contributed by atoms with Gasteiger partial charge < -0.3 is 4.90 Å². The molecule has 0 aliphatic heterocycles. The predicted octanol–water partition coefficient (Wildman–Crippen LogP) is 3.67. The summed E-state index contributed by atoms with van der Waals surface area (Å²) in [6.45, 7) is 2.21. The van der Waals surface area contributed by atoms with Crippen LogP contribution in [-0.2, 0) is 0 Å². The Morgan fingerprint density at radius 1 is 1.06 bits per heavy atom. The second-order valence-corrected chi connectivity index (χ2v) is 4.13. The minimum Gasteiger partial charge on any atom is -0.353 e. The highest BCUT2D eigenvalue weighted by Crippen LogP contribution is 2.26. The third-order valence-corrected chi connectivity index (χ3v) is 3.05. The zero-order valence-electron chi connectivity index (χ0n) is 10.4. The Labute approximate surface area is 103 Å². The van der Waals surface area contributed by atoms with Crippen LogP contribution in [0.1, 0.15) is 24.9 Å². The van der Waals surface area contributed by atoms with Crippen LogP contribution in [0.3, 0.4) is 0 Å². The Morgan fingerprint density at radius 2 is 1.76 bits per heavy atom. The number of nitrogens with zero attached hydrogens (tertiary/aromatic N) is 2. The van der Waals surface area contributed by atoms with Gasteiger partial charge >= 0.3 is 0 Å². The van der Waals surface area contributed by atoms with E-state index in [4.69, 9.17) is 0 Å². The fourth-order valence-corrected chi connectivity index (χ4v) is 2.13. The number of hydrogen-bond acceptors (Lipinski definition) is 2. The number of benzene rings is 1. The molecule has 1 heterocycles. The monoisotopic (exact) mass is 226 g/mol. The van der Waals surface area contributed by atoms with Crippen LogP contribution in [0.25, 0.3) is 0 Å². The van der Waals surface area contributed by atoms with Gasteiger partial charge in [-0.3, -0.25) is 0 Å². The molecule has 0 radical (unpaired) electrons. The van der Waals surface area contributed by atoms with Gasteiger partial charge in [-0.25, -0.2) is 4.98 Å². The number of hydrogen-bond donors (Lipinski definition) is 0. The molecule has 0 N–H and O–H groups in total. The van der Waals surface area contributed by atoms with Crippen LogP contribution in [0.2, 0.25) is 0 Å². The lowest BCUT2D eigenvalue weighted by Crippen LogP contribution is -2.24. The van der Waals surface area contributed by atoms with Gasteiger partial charge in [0.05, 0.1) is 6.04 Å². The van der Waals surface area contributed by atoms with E-state index in [2.05, 4.69) is 54.2 Å². The van der Waals surface area contributed by atoms with Gasteiger partial charge in [0.2, 0.25) is 0 Å². The summed E-state index contributed by atoms with van der Waals surface area (Å²) in [6, 6.07) is 17.0. The van der Waals surface area contributed by atoms with E-state index in [0.717, 1.165) is 12.2 Å². The van der Waals surface area contributed by atoms with Gasteiger partial charge in [0.25, 0.3) is 0 Å². The topological polar surface area (TPSA) is 16.1 Å². The van der Waals surface area contributed by atoms with Crippen molar-refractivity contribution >= 4 is 5.82 Å². The lowest BCUT2D eigenvalue weighted by atomic mass is 10.0. The summed E-state index contributed by atoms with van der Waals surface area (Å²) in [5.41, 5.74) is 1.34. The quantitative estimate of drug-likeness (QED) is 0.790. The summed E-state index contributed by atoms with van der Waals surface area (Å²) in [4.78, 5) is 6.63. The minimum absolute atomic E-state index is 0.381. The molecule has 2 heteroatoms. The largest absolute Gasteiger partial charge is 0.353 e. The maximum atomic E-state index is 4.40. The Kier molecular flexibility index (Phi) is 3.76. The fraction of sp³-hybridized carbons (Fsp3) is 0.267. The highest BCUT2D eigenvalue weighted by molar-refractivity contribution is 5.40. The maximum Gasteiger partial charge on any atom is 0.128 e. The van der Waals surface area contributed by atoms with E-state index in [1.54, 1.807) is 0 Å². The van der Waals surface area contributed by atoms with Gasteiger partial charge in [0.15, 0.2) is 0 Å². The van der Waals surface area contributed by atoms with Crippen molar-refractivity contribution in [3.8, 4) is 0 Å². The van der Waals surface area contributed by atoms with Crippen LogP contribution in [0.4, 0.5) is 5.82 Å². The van der Waals surface area contributed by atoms with Gasteiger partial charge in [-0.1, -0.05) is 43.3 Å². The molecule has 0 aliphatic rings. The predicted molar refractivity (Wildman–Crippen MR) is 72.1 cm³/mol. The van der Waals surface area contributed by atoms with Crippen molar-refractivity contribution in [2.24, 2.45) is 0 Å². The second-order valence-electron chi connectivity index (χ2n) is 4.13. The molecule has 0 amide bonds. The summed E-state index contributed by atoms with van der Waals surface area (Å²) in [7, 11) is 2.10. The Hall–Kier alpha value is -1.83. The van der Waals surface area contributed by atoms with Gasteiger partial charge in [-0.05, 0) is 24.1 Å². The van der Waals surface area contributed by atoms with Crippen LogP contribution in [0, 0.1) is 0 Å². The number of pyridine rings is 1. The summed E-state index contributed by atoms with van der Waals surface area (Å²) in [5.74, 6) is 1.02. The lowest BCUT2D eigenvalue weighted by Gasteiger charge is -2.28. The molecule has 2 nitrogen and oxygen atoms in total. The van der Waals surface area contributed by atoms with Crippen molar-refractivity contribution in [2.75, 3.05) is 11.9 Å². The second kappa shape index (κ2) is 5.48. The van der Waals surface area contributed by atoms with Gasteiger partial charge in [-0.15, -0.1) is 0 Å². The third kappa shape index (κ3) is 2.64. The summed E-state index contributed by atoms with van der Waals surface area (Å²) in [5, 5.41) is 0. The van der Waals surface area contributed by atoms with E-state index in [-0.39, 0.29) is 0 Å². The van der Waals surface area contributed by atoms with Crippen LogP contribution in [-0.4, -0.2) is 12.0 Å². The normalized spacial score (nSPS) is 12.1. The Bertz CT molecular complexity index is 439.